The Labute approximate surface area is 106 Å². The molecule has 0 N–H and O–H groups in total. The van der Waals surface area contributed by atoms with Gasteiger partial charge in [-0.3, -0.25) is 9.98 Å². The maximum Gasteiger partial charge on any atom is 0.133 e. The second kappa shape index (κ2) is 6.02. The Bertz CT molecular complexity index is 413. The topological polar surface area (TPSA) is 25.2 Å². The van der Waals surface area contributed by atoms with E-state index in [4.69, 9.17) is 23.2 Å². The lowest BCUT2D eigenvalue weighted by molar-refractivity contribution is 0.719. The lowest BCUT2D eigenvalue weighted by Gasteiger charge is -2.07. The van der Waals surface area contributed by atoms with Crippen LogP contribution in [0, 0.1) is 0 Å². The smallest absolute Gasteiger partial charge is 0.133 e. The van der Waals surface area contributed by atoms with Crippen LogP contribution in [-0.2, 0) is 0 Å². The van der Waals surface area contributed by atoms with Crippen LogP contribution in [0.15, 0.2) is 29.9 Å². The molecule has 1 unspecified atom stereocenters. The van der Waals surface area contributed by atoms with Gasteiger partial charge in [0.2, 0.25) is 0 Å². The van der Waals surface area contributed by atoms with E-state index in [-0.39, 0.29) is 6.04 Å². The van der Waals surface area contributed by atoms with Crippen molar-refractivity contribution in [3.8, 4) is 0 Å². The van der Waals surface area contributed by atoms with E-state index >= 15 is 0 Å². The van der Waals surface area contributed by atoms with Crippen LogP contribution in [0.1, 0.15) is 31.5 Å². The van der Waals surface area contributed by atoms with E-state index in [1.165, 1.54) is 0 Å². The SMILES string of the molecule is C=C(Cl)c1ncccc1C(Cl)=NC(C)CC. The van der Waals surface area contributed by atoms with Gasteiger partial charge in [-0.25, -0.2) is 0 Å². The maximum absolute atomic E-state index is 6.14. The van der Waals surface area contributed by atoms with Crippen LogP contribution in [0.5, 0.6) is 0 Å². The molecule has 0 amide bonds. The largest absolute Gasteiger partial charge is 0.269 e. The molecule has 0 aromatic carbocycles. The first-order valence-electron chi connectivity index (χ1n) is 5.09. The number of aliphatic imine (C=N–C) groups is 1. The predicted molar refractivity (Wildman–Crippen MR) is 71.3 cm³/mol. The van der Waals surface area contributed by atoms with Gasteiger partial charge in [-0.2, -0.15) is 0 Å². The minimum Gasteiger partial charge on any atom is -0.269 e. The van der Waals surface area contributed by atoms with Crippen molar-refractivity contribution in [2.24, 2.45) is 4.99 Å². The van der Waals surface area contributed by atoms with E-state index in [2.05, 4.69) is 23.5 Å². The first-order valence-corrected chi connectivity index (χ1v) is 5.85. The highest BCUT2D eigenvalue weighted by Gasteiger charge is 2.10. The van der Waals surface area contributed by atoms with Crippen LogP contribution in [0.2, 0.25) is 0 Å². The minimum absolute atomic E-state index is 0.184. The van der Waals surface area contributed by atoms with Crippen LogP contribution < -0.4 is 0 Å². The molecule has 0 aliphatic rings. The van der Waals surface area contributed by atoms with E-state index in [0.717, 1.165) is 12.0 Å². The lowest BCUT2D eigenvalue weighted by atomic mass is 10.2. The molecule has 1 atom stereocenters. The summed E-state index contributed by atoms with van der Waals surface area (Å²) in [5.41, 5.74) is 1.31. The first kappa shape index (κ1) is 13.2. The Balaban J connectivity index is 3.13. The second-order valence-corrected chi connectivity index (χ2v) is 4.30. The Kier molecular flexibility index (Phi) is 4.97. The molecule has 0 saturated carbocycles. The molecule has 0 fully saturated rings. The van der Waals surface area contributed by atoms with Crippen molar-refractivity contribution in [1.82, 2.24) is 4.98 Å². The molecule has 0 spiro atoms. The fraction of sp³-hybridized carbons (Fsp3) is 0.333. The Morgan fingerprint density at radius 1 is 1.56 bits per heavy atom. The molecule has 0 saturated heterocycles. The van der Waals surface area contributed by atoms with E-state index in [0.29, 0.717) is 15.9 Å². The van der Waals surface area contributed by atoms with E-state index in [1.54, 1.807) is 12.3 Å². The average molecular weight is 257 g/mol. The number of halogens is 2. The van der Waals surface area contributed by atoms with Crippen LogP contribution in [0.25, 0.3) is 5.03 Å². The van der Waals surface area contributed by atoms with Gasteiger partial charge >= 0.3 is 0 Å². The van der Waals surface area contributed by atoms with Gasteiger partial charge in [0.25, 0.3) is 0 Å². The molecule has 1 rings (SSSR count). The molecule has 0 aliphatic heterocycles. The summed E-state index contributed by atoms with van der Waals surface area (Å²) in [6.45, 7) is 7.72. The zero-order chi connectivity index (χ0) is 12.1. The fourth-order valence-corrected chi connectivity index (χ4v) is 1.61. The van der Waals surface area contributed by atoms with Crippen LogP contribution in [0.4, 0.5) is 0 Å². The predicted octanol–water partition coefficient (Wildman–Crippen LogP) is 4.08. The van der Waals surface area contributed by atoms with Gasteiger partial charge in [-0.1, -0.05) is 36.7 Å². The van der Waals surface area contributed by atoms with Crippen molar-refractivity contribution in [2.75, 3.05) is 0 Å². The summed E-state index contributed by atoms with van der Waals surface area (Å²) in [7, 11) is 0. The monoisotopic (exact) mass is 256 g/mol. The van der Waals surface area contributed by atoms with Gasteiger partial charge in [-0.15, -0.1) is 0 Å². The van der Waals surface area contributed by atoms with Gasteiger partial charge in [0.05, 0.1) is 10.7 Å². The summed E-state index contributed by atoms with van der Waals surface area (Å²) in [4.78, 5) is 8.49. The Morgan fingerprint density at radius 3 is 2.81 bits per heavy atom. The number of rotatable bonds is 4. The van der Waals surface area contributed by atoms with Gasteiger partial charge < -0.3 is 0 Å². The summed E-state index contributed by atoms with van der Waals surface area (Å²) in [5, 5.41) is 0.798. The third-order valence-corrected chi connectivity index (χ3v) is 2.69. The molecule has 1 heterocycles. The van der Waals surface area contributed by atoms with Gasteiger partial charge in [0.15, 0.2) is 0 Å². The Morgan fingerprint density at radius 2 is 2.25 bits per heavy atom. The highest BCUT2D eigenvalue weighted by molar-refractivity contribution is 6.70. The quantitative estimate of drug-likeness (QED) is 0.746. The summed E-state index contributed by atoms with van der Waals surface area (Å²) in [5.74, 6) is 0. The van der Waals surface area contributed by atoms with Gasteiger partial charge in [0.1, 0.15) is 5.17 Å². The summed E-state index contributed by atoms with van der Waals surface area (Å²) < 4.78 is 0. The number of aromatic nitrogens is 1. The van der Waals surface area contributed by atoms with E-state index < -0.39 is 0 Å². The standard InChI is InChI=1S/C12H14Cl2N2/c1-4-8(2)16-12(14)10-6-5-7-15-11(10)9(3)13/h5-8H,3-4H2,1-2H3. The molecule has 0 radical (unpaired) electrons. The van der Waals surface area contributed by atoms with Crippen LogP contribution in [-0.4, -0.2) is 16.2 Å². The minimum atomic E-state index is 0.184. The molecule has 2 nitrogen and oxygen atoms in total. The van der Waals surface area contributed by atoms with Crippen molar-refractivity contribution < 1.29 is 0 Å². The highest BCUT2D eigenvalue weighted by atomic mass is 35.5. The van der Waals surface area contributed by atoms with Crippen LogP contribution >= 0.6 is 23.2 Å². The number of hydrogen-bond donors (Lipinski definition) is 0. The molecule has 0 bridgehead atoms. The number of nitrogens with zero attached hydrogens (tertiary/aromatic N) is 2. The molecule has 1 aromatic heterocycles. The van der Waals surface area contributed by atoms with Crippen LogP contribution in [0.3, 0.4) is 0 Å². The highest BCUT2D eigenvalue weighted by Crippen LogP contribution is 2.20. The van der Waals surface area contributed by atoms with Crippen molar-refractivity contribution in [3.63, 3.8) is 0 Å². The van der Waals surface area contributed by atoms with Crippen molar-refractivity contribution in [3.05, 3.63) is 36.2 Å². The molecule has 86 valence electrons. The molecule has 1 aromatic rings. The normalized spacial score (nSPS) is 13.6. The lowest BCUT2D eigenvalue weighted by Crippen LogP contribution is -2.04. The Hall–Kier alpha value is -0.860. The molecule has 4 heteroatoms. The maximum atomic E-state index is 6.14. The van der Waals surface area contributed by atoms with E-state index in [9.17, 15) is 0 Å². The van der Waals surface area contributed by atoms with E-state index in [1.807, 2.05) is 13.0 Å². The summed E-state index contributed by atoms with van der Waals surface area (Å²) >= 11 is 12.0. The third kappa shape index (κ3) is 3.32. The number of hydrogen-bond acceptors (Lipinski definition) is 2. The summed E-state index contributed by atoms with van der Waals surface area (Å²) in [6, 6.07) is 3.82. The zero-order valence-electron chi connectivity index (χ0n) is 9.37. The molecular weight excluding hydrogens is 243 g/mol. The van der Waals surface area contributed by atoms with Crippen molar-refractivity contribution in [2.45, 2.75) is 26.3 Å². The average Bonchev–Trinajstić information content (AvgIpc) is 2.28. The van der Waals surface area contributed by atoms with Gasteiger partial charge in [0, 0.05) is 17.8 Å². The molecular formula is C12H14Cl2N2. The summed E-state index contributed by atoms with van der Waals surface area (Å²) in [6.07, 6.45) is 2.59. The first-order chi connectivity index (χ1) is 7.56. The zero-order valence-corrected chi connectivity index (χ0v) is 10.9. The number of pyridine rings is 1. The van der Waals surface area contributed by atoms with Crippen molar-refractivity contribution in [1.29, 1.82) is 0 Å². The van der Waals surface area contributed by atoms with Crippen molar-refractivity contribution >= 4 is 33.4 Å². The second-order valence-electron chi connectivity index (χ2n) is 3.48. The molecule has 0 aliphatic carbocycles. The molecule has 16 heavy (non-hydrogen) atoms. The fourth-order valence-electron chi connectivity index (χ4n) is 1.14. The third-order valence-electron chi connectivity index (χ3n) is 2.21. The van der Waals surface area contributed by atoms with Gasteiger partial charge in [-0.05, 0) is 25.5 Å².